The monoisotopic (exact) mass is 347 g/mol. The first-order chi connectivity index (χ1) is 11.4. The molecule has 0 amide bonds. The van der Waals surface area contributed by atoms with Crippen molar-refractivity contribution in [3.05, 3.63) is 47.7 Å². The predicted molar refractivity (Wildman–Crippen MR) is 92.8 cm³/mol. The van der Waals surface area contributed by atoms with E-state index >= 15 is 0 Å². The average molecular weight is 347 g/mol. The van der Waals surface area contributed by atoms with Gasteiger partial charge in [-0.05, 0) is 43.7 Å². The molecule has 128 valence electrons. The maximum absolute atomic E-state index is 12.8. The lowest BCUT2D eigenvalue weighted by atomic mass is 10.2. The second kappa shape index (κ2) is 6.41. The zero-order valence-electron chi connectivity index (χ0n) is 13.8. The van der Waals surface area contributed by atoms with Gasteiger partial charge in [0.2, 0.25) is 10.0 Å². The van der Waals surface area contributed by atoms with Gasteiger partial charge in [-0.1, -0.05) is 12.1 Å². The van der Waals surface area contributed by atoms with Gasteiger partial charge in [0.1, 0.15) is 16.5 Å². The fourth-order valence-corrected chi connectivity index (χ4v) is 4.42. The third-order valence-corrected chi connectivity index (χ3v) is 6.10. The van der Waals surface area contributed by atoms with Crippen LogP contribution in [-0.4, -0.2) is 49.0 Å². The van der Waals surface area contributed by atoms with Gasteiger partial charge in [0, 0.05) is 31.9 Å². The normalized spacial score (nSPS) is 16.3. The molecule has 0 unspecified atom stereocenters. The highest BCUT2D eigenvalue weighted by molar-refractivity contribution is 7.89. The third-order valence-electron chi connectivity index (χ3n) is 4.17. The number of aryl methyl sites for hydroxylation is 2. The molecule has 0 bridgehead atoms. The lowest BCUT2D eigenvalue weighted by Crippen LogP contribution is -2.49. The number of hydrogen-bond acceptors (Lipinski definition) is 5. The van der Waals surface area contributed by atoms with Crippen molar-refractivity contribution >= 4 is 15.8 Å². The van der Waals surface area contributed by atoms with Gasteiger partial charge in [0.25, 0.3) is 0 Å². The standard InChI is InChI=1S/C17H21N3O3S/c1-13-6-7-15(21)16(12-13)24(22,23)20-10-8-19(9-11-20)17-5-3-4-14(2)18-17/h3-7,12,21H,8-11H2,1-2H3. The molecular weight excluding hydrogens is 326 g/mol. The molecule has 1 N–H and O–H groups in total. The molecule has 1 saturated heterocycles. The van der Waals surface area contributed by atoms with Crippen LogP contribution in [0.2, 0.25) is 0 Å². The minimum absolute atomic E-state index is 0.0235. The van der Waals surface area contributed by atoms with E-state index in [1.165, 1.54) is 16.4 Å². The molecule has 7 heteroatoms. The summed E-state index contributed by atoms with van der Waals surface area (Å²) in [4.78, 5) is 6.54. The number of rotatable bonds is 3. The largest absolute Gasteiger partial charge is 0.507 e. The number of anilines is 1. The van der Waals surface area contributed by atoms with Gasteiger partial charge in [-0.15, -0.1) is 0 Å². The molecule has 0 saturated carbocycles. The average Bonchev–Trinajstić information content (AvgIpc) is 2.57. The lowest BCUT2D eigenvalue weighted by molar-refractivity contribution is 0.379. The highest BCUT2D eigenvalue weighted by atomic mass is 32.2. The molecule has 0 aliphatic carbocycles. The first kappa shape index (κ1) is 16.7. The molecule has 0 radical (unpaired) electrons. The number of piperazine rings is 1. The van der Waals surface area contributed by atoms with Crippen LogP contribution in [0.3, 0.4) is 0 Å². The summed E-state index contributed by atoms with van der Waals surface area (Å²) in [6.45, 7) is 5.62. The number of benzene rings is 1. The maximum atomic E-state index is 12.8. The summed E-state index contributed by atoms with van der Waals surface area (Å²) in [6.07, 6.45) is 0. The van der Waals surface area contributed by atoms with E-state index in [0.717, 1.165) is 17.1 Å². The van der Waals surface area contributed by atoms with Crippen LogP contribution < -0.4 is 4.90 Å². The Morgan fingerprint density at radius 3 is 2.42 bits per heavy atom. The summed E-state index contributed by atoms with van der Waals surface area (Å²) in [7, 11) is -3.69. The summed E-state index contributed by atoms with van der Waals surface area (Å²) >= 11 is 0. The van der Waals surface area contributed by atoms with Crippen LogP contribution in [0.1, 0.15) is 11.3 Å². The summed E-state index contributed by atoms with van der Waals surface area (Å²) in [5.74, 6) is 0.661. The van der Waals surface area contributed by atoms with Crippen molar-refractivity contribution in [1.29, 1.82) is 0 Å². The van der Waals surface area contributed by atoms with Crippen molar-refractivity contribution in [3.8, 4) is 5.75 Å². The Balaban J connectivity index is 1.77. The second-order valence-electron chi connectivity index (χ2n) is 6.00. The number of sulfonamides is 1. The molecule has 24 heavy (non-hydrogen) atoms. The van der Waals surface area contributed by atoms with Crippen molar-refractivity contribution in [2.45, 2.75) is 18.7 Å². The van der Waals surface area contributed by atoms with E-state index in [4.69, 9.17) is 0 Å². The van der Waals surface area contributed by atoms with Gasteiger partial charge in [-0.25, -0.2) is 13.4 Å². The summed E-state index contributed by atoms with van der Waals surface area (Å²) in [6, 6.07) is 10.4. The Hall–Kier alpha value is -2.12. The topological polar surface area (TPSA) is 73.7 Å². The Kier molecular flexibility index (Phi) is 4.47. The fourth-order valence-electron chi connectivity index (χ4n) is 2.83. The van der Waals surface area contributed by atoms with Crippen molar-refractivity contribution in [2.75, 3.05) is 31.1 Å². The fraction of sp³-hybridized carbons (Fsp3) is 0.353. The van der Waals surface area contributed by atoms with Crippen LogP contribution in [0.5, 0.6) is 5.75 Å². The molecule has 6 nitrogen and oxygen atoms in total. The minimum Gasteiger partial charge on any atom is -0.507 e. The number of aromatic nitrogens is 1. The molecule has 1 aromatic carbocycles. The summed E-state index contributed by atoms with van der Waals surface area (Å²) < 4.78 is 27.0. The molecule has 1 aliphatic heterocycles. The van der Waals surface area contributed by atoms with Gasteiger partial charge >= 0.3 is 0 Å². The van der Waals surface area contributed by atoms with E-state index in [9.17, 15) is 13.5 Å². The van der Waals surface area contributed by atoms with Crippen LogP contribution in [0.15, 0.2) is 41.3 Å². The van der Waals surface area contributed by atoms with E-state index in [1.54, 1.807) is 13.0 Å². The van der Waals surface area contributed by atoms with Crippen LogP contribution in [0, 0.1) is 13.8 Å². The van der Waals surface area contributed by atoms with Crippen LogP contribution in [0.4, 0.5) is 5.82 Å². The molecule has 0 atom stereocenters. The van der Waals surface area contributed by atoms with Gasteiger partial charge in [0.15, 0.2) is 0 Å². The number of nitrogens with zero attached hydrogens (tertiary/aromatic N) is 3. The number of pyridine rings is 1. The Morgan fingerprint density at radius 2 is 1.75 bits per heavy atom. The van der Waals surface area contributed by atoms with Crippen molar-refractivity contribution in [1.82, 2.24) is 9.29 Å². The van der Waals surface area contributed by atoms with Crippen molar-refractivity contribution in [3.63, 3.8) is 0 Å². The first-order valence-electron chi connectivity index (χ1n) is 7.86. The van der Waals surface area contributed by atoms with Crippen molar-refractivity contribution < 1.29 is 13.5 Å². The van der Waals surface area contributed by atoms with E-state index in [2.05, 4.69) is 9.88 Å². The molecule has 3 rings (SSSR count). The SMILES string of the molecule is Cc1ccc(O)c(S(=O)(=O)N2CCN(c3cccc(C)n3)CC2)c1. The van der Waals surface area contributed by atoms with Crippen LogP contribution >= 0.6 is 0 Å². The minimum atomic E-state index is -3.69. The quantitative estimate of drug-likeness (QED) is 0.918. The molecule has 1 fully saturated rings. The maximum Gasteiger partial charge on any atom is 0.246 e. The highest BCUT2D eigenvalue weighted by Crippen LogP contribution is 2.27. The first-order valence-corrected chi connectivity index (χ1v) is 9.30. The predicted octanol–water partition coefficient (Wildman–Crippen LogP) is 1.91. The number of phenolic OH excluding ortho intramolecular Hbond substituents is 1. The van der Waals surface area contributed by atoms with Gasteiger partial charge < -0.3 is 10.0 Å². The summed E-state index contributed by atoms with van der Waals surface area (Å²) in [5.41, 5.74) is 1.74. The number of phenols is 1. The third kappa shape index (κ3) is 3.22. The van der Waals surface area contributed by atoms with E-state index in [-0.39, 0.29) is 10.6 Å². The van der Waals surface area contributed by atoms with Gasteiger partial charge in [0.05, 0.1) is 0 Å². The van der Waals surface area contributed by atoms with Crippen LogP contribution in [0.25, 0.3) is 0 Å². The Labute approximate surface area is 142 Å². The molecule has 1 aliphatic rings. The van der Waals surface area contributed by atoms with Crippen LogP contribution in [-0.2, 0) is 10.0 Å². The smallest absolute Gasteiger partial charge is 0.246 e. The second-order valence-corrected chi connectivity index (χ2v) is 7.91. The highest BCUT2D eigenvalue weighted by Gasteiger charge is 2.30. The lowest BCUT2D eigenvalue weighted by Gasteiger charge is -2.34. The zero-order valence-corrected chi connectivity index (χ0v) is 14.6. The molecule has 1 aromatic heterocycles. The molecule has 2 aromatic rings. The van der Waals surface area contributed by atoms with E-state index in [0.29, 0.717) is 26.2 Å². The molecular formula is C17H21N3O3S. The Bertz CT molecular complexity index is 844. The number of aromatic hydroxyl groups is 1. The van der Waals surface area contributed by atoms with E-state index < -0.39 is 10.0 Å². The van der Waals surface area contributed by atoms with Gasteiger partial charge in [-0.2, -0.15) is 4.31 Å². The van der Waals surface area contributed by atoms with E-state index in [1.807, 2.05) is 25.1 Å². The zero-order chi connectivity index (χ0) is 17.3. The van der Waals surface area contributed by atoms with Crippen molar-refractivity contribution in [2.24, 2.45) is 0 Å². The molecule has 0 spiro atoms. The number of hydrogen-bond donors (Lipinski definition) is 1. The molecule has 2 heterocycles. The van der Waals surface area contributed by atoms with Gasteiger partial charge in [-0.3, -0.25) is 0 Å². The Morgan fingerprint density at radius 1 is 1.04 bits per heavy atom. The summed E-state index contributed by atoms with van der Waals surface area (Å²) in [5, 5.41) is 9.94.